The Bertz CT molecular complexity index is 892. The maximum Gasteiger partial charge on any atom is 0.185 e. The van der Waals surface area contributed by atoms with Crippen LogP contribution in [0.3, 0.4) is 0 Å². The lowest BCUT2D eigenvalue weighted by Gasteiger charge is -2.08. The van der Waals surface area contributed by atoms with Gasteiger partial charge < -0.3 is 9.30 Å². The Morgan fingerprint density at radius 1 is 1.04 bits per heavy atom. The van der Waals surface area contributed by atoms with Crippen LogP contribution in [0.4, 0.5) is 0 Å². The number of ether oxygens (including phenoxy) is 1. The highest BCUT2D eigenvalue weighted by molar-refractivity contribution is 6.07. The van der Waals surface area contributed by atoms with Crippen molar-refractivity contribution < 1.29 is 9.53 Å². The van der Waals surface area contributed by atoms with E-state index in [-0.39, 0.29) is 5.78 Å². The molecule has 0 fully saturated rings. The lowest BCUT2D eigenvalue weighted by Crippen LogP contribution is -2.04. The van der Waals surface area contributed by atoms with Crippen molar-refractivity contribution in [3.05, 3.63) is 90.3 Å². The highest BCUT2D eigenvalue weighted by Crippen LogP contribution is 2.17. The third-order valence-electron chi connectivity index (χ3n) is 3.90. The number of aromatic nitrogens is 1. The summed E-state index contributed by atoms with van der Waals surface area (Å²) < 4.78 is 7.72. The van der Waals surface area contributed by atoms with Crippen molar-refractivity contribution in [1.82, 2.24) is 4.57 Å². The second kappa shape index (κ2) is 8.34. The van der Waals surface area contributed by atoms with Gasteiger partial charge in [0.2, 0.25) is 0 Å². The van der Waals surface area contributed by atoms with Gasteiger partial charge in [0.1, 0.15) is 5.75 Å². The van der Waals surface area contributed by atoms with E-state index in [4.69, 9.17) is 4.74 Å². The van der Waals surface area contributed by atoms with Crippen LogP contribution in [0.5, 0.6) is 5.75 Å². The van der Waals surface area contributed by atoms with E-state index in [2.05, 4.69) is 13.8 Å². The van der Waals surface area contributed by atoms with Crippen LogP contribution in [0.25, 0.3) is 11.8 Å². The molecule has 3 heteroatoms. The lowest BCUT2D eigenvalue weighted by atomic mass is 10.1. The summed E-state index contributed by atoms with van der Waals surface area (Å²) in [5.74, 6) is 1.28. The molecule has 0 N–H and O–H groups in total. The molecule has 0 radical (unpaired) electrons. The quantitative estimate of drug-likeness (QED) is 0.423. The number of hydrogen-bond donors (Lipinski definition) is 0. The Kier molecular flexibility index (Phi) is 5.69. The van der Waals surface area contributed by atoms with Crippen LogP contribution in [0, 0.1) is 5.92 Å². The van der Waals surface area contributed by atoms with E-state index in [9.17, 15) is 4.79 Å². The lowest BCUT2D eigenvalue weighted by molar-refractivity contribution is 0.104. The molecule has 1 heterocycles. The molecule has 3 rings (SSSR count). The summed E-state index contributed by atoms with van der Waals surface area (Å²) in [5.41, 5.74) is 2.58. The Morgan fingerprint density at radius 2 is 1.81 bits per heavy atom. The van der Waals surface area contributed by atoms with E-state index >= 15 is 0 Å². The molecule has 0 aliphatic rings. The van der Waals surface area contributed by atoms with Gasteiger partial charge in [0.15, 0.2) is 5.78 Å². The van der Waals surface area contributed by atoms with Crippen molar-refractivity contribution >= 4 is 11.9 Å². The maximum absolute atomic E-state index is 12.5. The number of allylic oxidation sites excluding steroid dienone is 1. The highest BCUT2D eigenvalue weighted by atomic mass is 16.5. The molecule has 0 spiro atoms. The van der Waals surface area contributed by atoms with Crippen molar-refractivity contribution in [3.63, 3.8) is 0 Å². The first-order chi connectivity index (χ1) is 12.6. The van der Waals surface area contributed by atoms with Gasteiger partial charge in [0.05, 0.1) is 6.61 Å². The number of rotatable bonds is 7. The summed E-state index contributed by atoms with van der Waals surface area (Å²) >= 11 is 0. The van der Waals surface area contributed by atoms with Crippen LogP contribution in [0.1, 0.15) is 29.8 Å². The number of benzene rings is 2. The van der Waals surface area contributed by atoms with Gasteiger partial charge in [-0.3, -0.25) is 4.79 Å². The largest absolute Gasteiger partial charge is 0.493 e. The average Bonchev–Trinajstić information content (AvgIpc) is 3.20. The fourth-order valence-electron chi connectivity index (χ4n) is 2.57. The summed E-state index contributed by atoms with van der Waals surface area (Å²) in [5, 5.41) is 0. The van der Waals surface area contributed by atoms with Crippen LogP contribution in [0.15, 0.2) is 79.1 Å². The van der Waals surface area contributed by atoms with Crippen molar-refractivity contribution in [1.29, 1.82) is 0 Å². The Morgan fingerprint density at radius 3 is 2.58 bits per heavy atom. The summed E-state index contributed by atoms with van der Waals surface area (Å²) in [6.07, 6.45) is 7.35. The molecule has 3 aromatic rings. The number of carbonyl (C=O) groups is 1. The van der Waals surface area contributed by atoms with Crippen LogP contribution < -0.4 is 4.74 Å². The molecule has 2 aromatic carbocycles. The second-order valence-corrected chi connectivity index (χ2v) is 6.62. The van der Waals surface area contributed by atoms with Crippen LogP contribution in [0.2, 0.25) is 0 Å². The van der Waals surface area contributed by atoms with E-state index < -0.39 is 0 Å². The molecule has 0 aliphatic carbocycles. The normalized spacial score (nSPS) is 11.2. The molecule has 1 aromatic heterocycles. The standard InChI is InChI=1S/C23H23NO2/c1-18(2)17-26-22-10-5-7-19(15-22)11-12-23(25)20-8-6-9-21(16-20)24-13-3-4-14-24/h3-16,18H,17H2,1-2H3/b12-11+. The summed E-state index contributed by atoms with van der Waals surface area (Å²) in [7, 11) is 0. The molecule has 0 bridgehead atoms. The van der Waals surface area contributed by atoms with Gasteiger partial charge >= 0.3 is 0 Å². The number of ketones is 1. The summed E-state index contributed by atoms with van der Waals surface area (Å²) in [6, 6.07) is 19.3. The van der Waals surface area contributed by atoms with Crippen molar-refractivity contribution in [3.8, 4) is 11.4 Å². The first-order valence-corrected chi connectivity index (χ1v) is 8.80. The smallest absolute Gasteiger partial charge is 0.185 e. The van der Waals surface area contributed by atoms with Gasteiger partial charge in [-0.15, -0.1) is 0 Å². The molecule has 0 saturated carbocycles. The Hall–Kier alpha value is -3.07. The Labute approximate surface area is 154 Å². The zero-order chi connectivity index (χ0) is 18.4. The van der Waals surface area contributed by atoms with Crippen LogP contribution in [-0.4, -0.2) is 17.0 Å². The minimum Gasteiger partial charge on any atom is -0.493 e. The minimum atomic E-state index is -0.0208. The van der Waals surface area contributed by atoms with E-state index in [1.54, 1.807) is 6.08 Å². The van der Waals surface area contributed by atoms with E-state index in [1.807, 2.05) is 83.7 Å². The molecule has 0 atom stereocenters. The molecule has 3 nitrogen and oxygen atoms in total. The fraction of sp³-hybridized carbons (Fsp3) is 0.174. The Balaban J connectivity index is 1.72. The van der Waals surface area contributed by atoms with E-state index in [1.165, 1.54) is 0 Å². The van der Waals surface area contributed by atoms with Gasteiger partial charge in [0.25, 0.3) is 0 Å². The summed E-state index contributed by atoms with van der Waals surface area (Å²) in [4.78, 5) is 12.5. The number of carbonyl (C=O) groups excluding carboxylic acids is 1. The topological polar surface area (TPSA) is 31.2 Å². The van der Waals surface area contributed by atoms with Crippen LogP contribution in [-0.2, 0) is 0 Å². The van der Waals surface area contributed by atoms with Gasteiger partial charge in [-0.1, -0.05) is 44.2 Å². The summed E-state index contributed by atoms with van der Waals surface area (Å²) in [6.45, 7) is 4.91. The fourth-order valence-corrected chi connectivity index (χ4v) is 2.57. The second-order valence-electron chi connectivity index (χ2n) is 6.62. The molecule has 132 valence electrons. The van der Waals surface area contributed by atoms with Crippen molar-refractivity contribution in [2.45, 2.75) is 13.8 Å². The minimum absolute atomic E-state index is 0.0208. The first kappa shape index (κ1) is 17.7. The predicted molar refractivity (Wildman–Crippen MR) is 106 cm³/mol. The SMILES string of the molecule is CC(C)COc1cccc(/C=C/C(=O)c2cccc(-n3cccc3)c2)c1. The van der Waals surface area contributed by atoms with Crippen molar-refractivity contribution in [2.75, 3.05) is 6.61 Å². The third kappa shape index (κ3) is 4.73. The molecular weight excluding hydrogens is 322 g/mol. The maximum atomic E-state index is 12.5. The third-order valence-corrected chi connectivity index (χ3v) is 3.90. The first-order valence-electron chi connectivity index (χ1n) is 8.80. The predicted octanol–water partition coefficient (Wildman–Crippen LogP) is 5.41. The molecule has 0 saturated heterocycles. The molecule has 0 aliphatic heterocycles. The molecular formula is C23H23NO2. The van der Waals surface area contributed by atoms with Crippen LogP contribution >= 0.6 is 0 Å². The van der Waals surface area contributed by atoms with E-state index in [0.717, 1.165) is 17.0 Å². The van der Waals surface area contributed by atoms with Gasteiger partial charge in [0, 0.05) is 23.6 Å². The van der Waals surface area contributed by atoms with E-state index in [0.29, 0.717) is 18.1 Å². The van der Waals surface area contributed by atoms with Gasteiger partial charge in [-0.05, 0) is 54.0 Å². The number of hydrogen-bond acceptors (Lipinski definition) is 2. The van der Waals surface area contributed by atoms with Gasteiger partial charge in [-0.2, -0.15) is 0 Å². The molecule has 0 unspecified atom stereocenters. The zero-order valence-corrected chi connectivity index (χ0v) is 15.1. The highest BCUT2D eigenvalue weighted by Gasteiger charge is 2.04. The molecule has 0 amide bonds. The monoisotopic (exact) mass is 345 g/mol. The molecule has 26 heavy (non-hydrogen) atoms. The number of nitrogens with zero attached hydrogens (tertiary/aromatic N) is 1. The zero-order valence-electron chi connectivity index (χ0n) is 15.1. The van der Waals surface area contributed by atoms with Crippen molar-refractivity contribution in [2.24, 2.45) is 5.92 Å². The average molecular weight is 345 g/mol. The van der Waals surface area contributed by atoms with Gasteiger partial charge in [-0.25, -0.2) is 0 Å².